The van der Waals surface area contributed by atoms with Gasteiger partial charge >= 0.3 is 0 Å². The Hall–Kier alpha value is -3.15. The predicted octanol–water partition coefficient (Wildman–Crippen LogP) is 2.98. The van der Waals surface area contributed by atoms with Crippen molar-refractivity contribution in [2.45, 2.75) is 20.0 Å². The fourth-order valence-electron chi connectivity index (χ4n) is 2.18. The van der Waals surface area contributed by atoms with Gasteiger partial charge in [0, 0.05) is 18.5 Å². The van der Waals surface area contributed by atoms with E-state index in [2.05, 4.69) is 15.4 Å². The van der Waals surface area contributed by atoms with Crippen LogP contribution in [0.5, 0.6) is 5.88 Å². The van der Waals surface area contributed by atoms with Crippen LogP contribution in [0, 0.1) is 6.92 Å². The Kier molecular flexibility index (Phi) is 4.56. The summed E-state index contributed by atoms with van der Waals surface area (Å²) in [7, 11) is 0. The second-order valence-corrected chi connectivity index (χ2v) is 5.32. The Morgan fingerprint density at radius 1 is 1.17 bits per heavy atom. The number of carbonyl (C=O) groups is 1. The van der Waals surface area contributed by atoms with E-state index in [1.54, 1.807) is 42.2 Å². The zero-order valence-corrected chi connectivity index (χ0v) is 13.5. The average Bonchev–Trinajstić information content (AvgIpc) is 3.06. The van der Waals surface area contributed by atoms with Gasteiger partial charge in [-0.15, -0.1) is 5.10 Å². The number of aromatic nitrogens is 3. The molecular weight excluding hydrogens is 304 g/mol. The molecule has 0 fully saturated rings. The monoisotopic (exact) mass is 322 g/mol. The first-order chi connectivity index (χ1) is 11.6. The third kappa shape index (κ3) is 3.60. The number of anilines is 1. The summed E-state index contributed by atoms with van der Waals surface area (Å²) in [6.45, 7) is 3.52. The van der Waals surface area contributed by atoms with Crippen molar-refractivity contribution in [3.8, 4) is 11.6 Å². The smallest absolute Gasteiger partial charge is 0.265 e. The van der Waals surface area contributed by atoms with Gasteiger partial charge in [-0.05, 0) is 38.1 Å². The quantitative estimate of drug-likeness (QED) is 0.784. The lowest BCUT2D eigenvalue weighted by Crippen LogP contribution is -2.30. The summed E-state index contributed by atoms with van der Waals surface area (Å²) in [5, 5.41) is 7.14. The van der Waals surface area contributed by atoms with Gasteiger partial charge in [-0.3, -0.25) is 9.78 Å². The molecule has 122 valence electrons. The van der Waals surface area contributed by atoms with Crippen molar-refractivity contribution in [3.05, 3.63) is 66.6 Å². The van der Waals surface area contributed by atoms with Gasteiger partial charge in [0.05, 0.1) is 17.1 Å². The maximum absolute atomic E-state index is 12.2. The molecular formula is C18H18N4O2. The van der Waals surface area contributed by atoms with Gasteiger partial charge in [0.15, 0.2) is 6.10 Å². The summed E-state index contributed by atoms with van der Waals surface area (Å²) in [6, 6.07) is 15.0. The Bertz CT molecular complexity index is 830. The highest BCUT2D eigenvalue weighted by molar-refractivity contribution is 5.94. The molecule has 0 bridgehead atoms. The number of nitrogens with one attached hydrogen (secondary N) is 1. The molecule has 0 spiro atoms. The first-order valence-corrected chi connectivity index (χ1v) is 7.64. The van der Waals surface area contributed by atoms with Crippen LogP contribution in [0.3, 0.4) is 0 Å². The highest BCUT2D eigenvalue weighted by atomic mass is 16.5. The van der Waals surface area contributed by atoms with Gasteiger partial charge in [0.2, 0.25) is 5.88 Å². The van der Waals surface area contributed by atoms with E-state index in [0.29, 0.717) is 11.6 Å². The maximum atomic E-state index is 12.2. The van der Waals surface area contributed by atoms with Gasteiger partial charge in [0.25, 0.3) is 5.91 Å². The van der Waals surface area contributed by atoms with Crippen molar-refractivity contribution in [3.63, 3.8) is 0 Å². The van der Waals surface area contributed by atoms with E-state index >= 15 is 0 Å². The summed E-state index contributed by atoms with van der Waals surface area (Å²) in [5.41, 5.74) is 2.36. The molecule has 0 saturated carbocycles. The van der Waals surface area contributed by atoms with Crippen molar-refractivity contribution in [2.24, 2.45) is 0 Å². The molecule has 1 aromatic carbocycles. The molecule has 1 amide bonds. The molecule has 2 aromatic heterocycles. The largest absolute Gasteiger partial charge is 0.463 e. The minimum atomic E-state index is -0.677. The molecule has 3 aromatic rings. The topological polar surface area (TPSA) is 69.0 Å². The summed E-state index contributed by atoms with van der Waals surface area (Å²) < 4.78 is 7.33. The summed E-state index contributed by atoms with van der Waals surface area (Å²) >= 11 is 0. The van der Waals surface area contributed by atoms with Gasteiger partial charge in [0.1, 0.15) is 0 Å². The standard InChI is InChI=1S/C18H18N4O2/c1-13-16(9-6-11-19-13)20-18(23)14(2)24-17-10-12-22(21-17)15-7-4-3-5-8-15/h3-12,14H,1-2H3,(H,20,23). The summed E-state index contributed by atoms with van der Waals surface area (Å²) in [4.78, 5) is 16.4. The molecule has 6 nitrogen and oxygen atoms in total. The Morgan fingerprint density at radius 2 is 1.96 bits per heavy atom. The number of benzene rings is 1. The number of amides is 1. The van der Waals surface area contributed by atoms with Crippen molar-refractivity contribution in [1.82, 2.24) is 14.8 Å². The number of hydrogen-bond acceptors (Lipinski definition) is 4. The van der Waals surface area contributed by atoms with Gasteiger partial charge in [-0.25, -0.2) is 4.68 Å². The van der Waals surface area contributed by atoms with E-state index in [4.69, 9.17) is 4.74 Å². The zero-order valence-electron chi connectivity index (χ0n) is 13.5. The fourth-order valence-corrected chi connectivity index (χ4v) is 2.18. The van der Waals surface area contributed by atoms with Crippen molar-refractivity contribution in [2.75, 3.05) is 5.32 Å². The summed E-state index contributed by atoms with van der Waals surface area (Å²) in [6.07, 6.45) is 2.80. The number of aryl methyl sites for hydroxylation is 1. The van der Waals surface area contributed by atoms with Gasteiger partial charge in [-0.2, -0.15) is 0 Å². The molecule has 0 aliphatic rings. The van der Waals surface area contributed by atoms with Crippen LogP contribution in [-0.2, 0) is 4.79 Å². The highest BCUT2D eigenvalue weighted by Crippen LogP contribution is 2.15. The van der Waals surface area contributed by atoms with Crippen LogP contribution in [-0.4, -0.2) is 26.8 Å². The molecule has 0 saturated heterocycles. The molecule has 2 heterocycles. The predicted molar refractivity (Wildman–Crippen MR) is 91.3 cm³/mol. The van der Waals surface area contributed by atoms with Crippen LogP contribution in [0.1, 0.15) is 12.6 Å². The normalized spacial score (nSPS) is 11.8. The minimum absolute atomic E-state index is 0.250. The second-order valence-electron chi connectivity index (χ2n) is 5.32. The van der Waals surface area contributed by atoms with Crippen molar-refractivity contribution < 1.29 is 9.53 Å². The van der Waals surface area contributed by atoms with Crippen LogP contribution in [0.4, 0.5) is 5.69 Å². The Morgan fingerprint density at radius 3 is 2.71 bits per heavy atom. The number of hydrogen-bond donors (Lipinski definition) is 1. The number of carbonyl (C=O) groups excluding carboxylic acids is 1. The molecule has 0 aliphatic heterocycles. The van der Waals surface area contributed by atoms with Gasteiger partial charge < -0.3 is 10.1 Å². The van der Waals surface area contributed by atoms with E-state index in [1.165, 1.54) is 0 Å². The molecule has 3 rings (SSSR count). The van der Waals surface area contributed by atoms with E-state index in [0.717, 1.165) is 11.4 Å². The SMILES string of the molecule is Cc1ncccc1NC(=O)C(C)Oc1ccn(-c2ccccc2)n1. The molecule has 1 N–H and O–H groups in total. The van der Waals surface area contributed by atoms with Gasteiger partial charge in [-0.1, -0.05) is 18.2 Å². The maximum Gasteiger partial charge on any atom is 0.265 e. The molecule has 1 unspecified atom stereocenters. The Labute approximate surface area is 140 Å². The first-order valence-electron chi connectivity index (χ1n) is 7.64. The van der Waals surface area contributed by atoms with E-state index in [-0.39, 0.29) is 5.91 Å². The molecule has 1 atom stereocenters. The number of para-hydroxylation sites is 1. The first kappa shape index (κ1) is 15.7. The van der Waals surface area contributed by atoms with Crippen LogP contribution in [0.15, 0.2) is 60.9 Å². The van der Waals surface area contributed by atoms with Crippen molar-refractivity contribution >= 4 is 11.6 Å². The third-order valence-electron chi connectivity index (χ3n) is 3.52. The molecule has 24 heavy (non-hydrogen) atoms. The summed E-state index contributed by atoms with van der Waals surface area (Å²) in [5.74, 6) is 0.143. The minimum Gasteiger partial charge on any atom is -0.463 e. The fraction of sp³-hybridized carbons (Fsp3) is 0.167. The van der Waals surface area contributed by atoms with Crippen molar-refractivity contribution in [1.29, 1.82) is 0 Å². The van der Waals surface area contributed by atoms with E-state index in [9.17, 15) is 4.79 Å². The van der Waals surface area contributed by atoms with Crippen LogP contribution in [0.2, 0.25) is 0 Å². The van der Waals surface area contributed by atoms with E-state index < -0.39 is 6.10 Å². The second kappa shape index (κ2) is 6.95. The van der Waals surface area contributed by atoms with Crippen LogP contribution >= 0.6 is 0 Å². The molecule has 6 heteroatoms. The third-order valence-corrected chi connectivity index (χ3v) is 3.52. The zero-order chi connectivity index (χ0) is 16.9. The molecule has 0 radical (unpaired) electrons. The number of rotatable bonds is 5. The number of ether oxygens (including phenoxy) is 1. The van der Waals surface area contributed by atoms with Crippen LogP contribution < -0.4 is 10.1 Å². The number of pyridine rings is 1. The number of nitrogens with zero attached hydrogens (tertiary/aromatic N) is 3. The lowest BCUT2D eigenvalue weighted by Gasteiger charge is -2.13. The lowest BCUT2D eigenvalue weighted by molar-refractivity contribution is -0.122. The molecule has 0 aliphatic carbocycles. The lowest BCUT2D eigenvalue weighted by atomic mass is 10.3. The Balaban J connectivity index is 1.65. The average molecular weight is 322 g/mol. The highest BCUT2D eigenvalue weighted by Gasteiger charge is 2.17. The van der Waals surface area contributed by atoms with E-state index in [1.807, 2.05) is 37.3 Å². The van der Waals surface area contributed by atoms with Crippen LogP contribution in [0.25, 0.3) is 5.69 Å².